The fourth-order valence-corrected chi connectivity index (χ4v) is 3.08. The highest BCUT2D eigenvalue weighted by molar-refractivity contribution is 5.44. The lowest BCUT2D eigenvalue weighted by Gasteiger charge is -2.22. The second-order valence-electron chi connectivity index (χ2n) is 5.72. The number of benzene rings is 1. The molecular weight excluding hydrogens is 268 g/mol. The summed E-state index contributed by atoms with van der Waals surface area (Å²) in [7, 11) is 0. The van der Waals surface area contributed by atoms with Gasteiger partial charge in [0.1, 0.15) is 19.3 Å². The Bertz CT molecular complexity index is 461. The number of hydrogen-bond acceptors (Lipinski definition) is 5. The minimum atomic E-state index is -0.0802. The number of nitrogens with two attached hydrogens (primary N) is 1. The van der Waals surface area contributed by atoms with Crippen molar-refractivity contribution in [1.82, 2.24) is 4.90 Å². The SMILES string of the molecule is NO[C@@H](CCCN1CCCC1)c1ccc2c(c1)OCCO2. The highest BCUT2D eigenvalue weighted by Crippen LogP contribution is 2.34. The van der Waals surface area contributed by atoms with E-state index in [0.717, 1.165) is 36.4 Å². The first kappa shape index (κ1) is 14.6. The van der Waals surface area contributed by atoms with Gasteiger partial charge >= 0.3 is 0 Å². The molecule has 2 N–H and O–H groups in total. The molecule has 5 heteroatoms. The highest BCUT2D eigenvalue weighted by Gasteiger charge is 2.18. The van der Waals surface area contributed by atoms with Crippen LogP contribution in [0.25, 0.3) is 0 Å². The van der Waals surface area contributed by atoms with Gasteiger partial charge in [-0.2, -0.15) is 0 Å². The van der Waals surface area contributed by atoms with Gasteiger partial charge in [0.05, 0.1) is 0 Å². The number of ether oxygens (including phenoxy) is 2. The Morgan fingerprint density at radius 2 is 1.90 bits per heavy atom. The fraction of sp³-hybridized carbons (Fsp3) is 0.625. The lowest BCUT2D eigenvalue weighted by Crippen LogP contribution is -2.21. The summed E-state index contributed by atoms with van der Waals surface area (Å²) in [5, 5.41) is 0. The van der Waals surface area contributed by atoms with Gasteiger partial charge in [-0.25, -0.2) is 5.90 Å². The van der Waals surface area contributed by atoms with Crippen molar-refractivity contribution in [3.8, 4) is 11.5 Å². The predicted molar refractivity (Wildman–Crippen MR) is 80.4 cm³/mol. The molecule has 0 aromatic heterocycles. The molecular formula is C16H24N2O3. The summed E-state index contributed by atoms with van der Waals surface area (Å²) < 4.78 is 11.2. The quantitative estimate of drug-likeness (QED) is 0.815. The Morgan fingerprint density at radius 1 is 1.14 bits per heavy atom. The van der Waals surface area contributed by atoms with Crippen LogP contribution in [0.2, 0.25) is 0 Å². The van der Waals surface area contributed by atoms with E-state index < -0.39 is 0 Å². The monoisotopic (exact) mass is 292 g/mol. The number of likely N-dealkylation sites (tertiary alicyclic amines) is 1. The third-order valence-corrected chi connectivity index (χ3v) is 4.24. The van der Waals surface area contributed by atoms with Crippen molar-refractivity contribution >= 4 is 0 Å². The molecule has 0 unspecified atom stereocenters. The van der Waals surface area contributed by atoms with Crippen LogP contribution in [0.3, 0.4) is 0 Å². The summed E-state index contributed by atoms with van der Waals surface area (Å²) >= 11 is 0. The standard InChI is InChI=1S/C16H24N2O3/c17-21-14(4-3-9-18-7-1-2-8-18)13-5-6-15-16(12-13)20-11-10-19-15/h5-6,12,14H,1-4,7-11,17H2/t14-/m0/s1. The van der Waals surface area contributed by atoms with Crippen molar-refractivity contribution in [3.63, 3.8) is 0 Å². The predicted octanol–water partition coefficient (Wildman–Crippen LogP) is 2.27. The second-order valence-corrected chi connectivity index (χ2v) is 5.72. The van der Waals surface area contributed by atoms with E-state index in [0.29, 0.717) is 13.2 Å². The molecule has 0 spiro atoms. The van der Waals surface area contributed by atoms with Crippen LogP contribution in [0.4, 0.5) is 0 Å². The second kappa shape index (κ2) is 7.11. The number of rotatable bonds is 6. The molecule has 0 saturated carbocycles. The summed E-state index contributed by atoms with van der Waals surface area (Å²) in [6.45, 7) is 4.80. The molecule has 1 fully saturated rings. The molecule has 1 aromatic carbocycles. The lowest BCUT2D eigenvalue weighted by molar-refractivity contribution is 0.0430. The molecule has 2 aliphatic rings. The van der Waals surface area contributed by atoms with Crippen molar-refractivity contribution in [2.75, 3.05) is 32.8 Å². The third-order valence-electron chi connectivity index (χ3n) is 4.24. The van der Waals surface area contributed by atoms with E-state index >= 15 is 0 Å². The largest absolute Gasteiger partial charge is 0.486 e. The number of nitrogens with zero attached hydrogens (tertiary/aromatic N) is 1. The molecule has 1 atom stereocenters. The Labute approximate surface area is 125 Å². The summed E-state index contributed by atoms with van der Waals surface area (Å²) in [6, 6.07) is 5.94. The van der Waals surface area contributed by atoms with Crippen LogP contribution in [-0.2, 0) is 4.84 Å². The smallest absolute Gasteiger partial charge is 0.161 e. The van der Waals surface area contributed by atoms with E-state index in [-0.39, 0.29) is 6.10 Å². The molecule has 5 nitrogen and oxygen atoms in total. The van der Waals surface area contributed by atoms with Gasteiger partial charge in [-0.05, 0) is 63.0 Å². The van der Waals surface area contributed by atoms with Crippen LogP contribution in [0.1, 0.15) is 37.4 Å². The van der Waals surface area contributed by atoms with Crippen molar-refractivity contribution in [3.05, 3.63) is 23.8 Å². The van der Waals surface area contributed by atoms with Crippen molar-refractivity contribution in [2.45, 2.75) is 31.8 Å². The van der Waals surface area contributed by atoms with E-state index in [1.807, 2.05) is 18.2 Å². The maximum absolute atomic E-state index is 5.61. The average Bonchev–Trinajstić information content (AvgIpc) is 3.04. The summed E-state index contributed by atoms with van der Waals surface area (Å²) in [5.41, 5.74) is 1.06. The van der Waals surface area contributed by atoms with E-state index in [4.69, 9.17) is 20.2 Å². The third kappa shape index (κ3) is 3.67. The van der Waals surface area contributed by atoms with E-state index in [1.54, 1.807) is 0 Å². The van der Waals surface area contributed by atoms with Crippen molar-refractivity contribution < 1.29 is 14.3 Å². The Balaban J connectivity index is 1.57. The molecule has 2 aliphatic heterocycles. The van der Waals surface area contributed by atoms with Gasteiger partial charge in [0.15, 0.2) is 11.5 Å². The zero-order chi connectivity index (χ0) is 14.5. The maximum atomic E-state index is 5.61. The molecule has 21 heavy (non-hydrogen) atoms. The van der Waals surface area contributed by atoms with Crippen molar-refractivity contribution in [1.29, 1.82) is 0 Å². The summed E-state index contributed by atoms with van der Waals surface area (Å²) in [5.74, 6) is 7.08. The van der Waals surface area contributed by atoms with Gasteiger partial charge in [-0.15, -0.1) is 0 Å². The van der Waals surface area contributed by atoms with Crippen LogP contribution in [0.15, 0.2) is 18.2 Å². The minimum Gasteiger partial charge on any atom is -0.486 e. The fourth-order valence-electron chi connectivity index (χ4n) is 3.08. The van der Waals surface area contributed by atoms with Gasteiger partial charge in [0.2, 0.25) is 0 Å². The van der Waals surface area contributed by atoms with E-state index in [1.165, 1.54) is 25.9 Å². The zero-order valence-electron chi connectivity index (χ0n) is 12.4. The Hall–Kier alpha value is -1.30. The van der Waals surface area contributed by atoms with Gasteiger partial charge in [0, 0.05) is 0 Å². The van der Waals surface area contributed by atoms with Crippen LogP contribution in [-0.4, -0.2) is 37.7 Å². The molecule has 1 saturated heterocycles. The number of fused-ring (bicyclic) bond motifs is 1. The molecule has 0 radical (unpaired) electrons. The molecule has 2 heterocycles. The number of hydrogen-bond donors (Lipinski definition) is 1. The van der Waals surface area contributed by atoms with Gasteiger partial charge < -0.3 is 14.4 Å². The molecule has 1 aromatic rings. The van der Waals surface area contributed by atoms with Crippen LogP contribution in [0, 0.1) is 0 Å². The average molecular weight is 292 g/mol. The zero-order valence-corrected chi connectivity index (χ0v) is 12.4. The first-order valence-electron chi connectivity index (χ1n) is 7.84. The van der Waals surface area contributed by atoms with Gasteiger partial charge in [-0.1, -0.05) is 6.07 Å². The first-order valence-corrected chi connectivity index (χ1v) is 7.84. The van der Waals surface area contributed by atoms with Crippen molar-refractivity contribution in [2.24, 2.45) is 5.90 Å². The first-order chi connectivity index (χ1) is 10.4. The normalized spacial score (nSPS) is 19.7. The molecule has 116 valence electrons. The van der Waals surface area contributed by atoms with Gasteiger partial charge in [-0.3, -0.25) is 4.84 Å². The Morgan fingerprint density at radius 3 is 2.67 bits per heavy atom. The van der Waals surface area contributed by atoms with Crippen LogP contribution in [0.5, 0.6) is 11.5 Å². The molecule has 0 aliphatic carbocycles. The summed E-state index contributed by atoms with van der Waals surface area (Å²) in [4.78, 5) is 7.69. The Kier molecular flexibility index (Phi) is 4.95. The highest BCUT2D eigenvalue weighted by atomic mass is 16.6. The van der Waals surface area contributed by atoms with Gasteiger partial charge in [0.25, 0.3) is 0 Å². The molecule has 0 amide bonds. The van der Waals surface area contributed by atoms with Crippen LogP contribution >= 0.6 is 0 Å². The van der Waals surface area contributed by atoms with E-state index in [2.05, 4.69) is 4.90 Å². The minimum absolute atomic E-state index is 0.0802. The van der Waals surface area contributed by atoms with Crippen LogP contribution < -0.4 is 15.4 Å². The lowest BCUT2D eigenvalue weighted by atomic mass is 10.0. The maximum Gasteiger partial charge on any atom is 0.161 e. The summed E-state index contributed by atoms with van der Waals surface area (Å²) in [6.07, 6.45) is 4.60. The molecule has 0 bridgehead atoms. The van der Waals surface area contributed by atoms with E-state index in [9.17, 15) is 0 Å². The molecule has 3 rings (SSSR count). The topological polar surface area (TPSA) is 57.0 Å².